The number of benzene rings is 1. The molecule has 1 aromatic carbocycles. The highest BCUT2D eigenvalue weighted by atomic mass is 35.5. The van der Waals surface area contributed by atoms with Crippen LogP contribution in [0, 0.1) is 0 Å². The summed E-state index contributed by atoms with van der Waals surface area (Å²) >= 11 is 13.2. The molecule has 1 N–H and O–H groups in total. The molecule has 0 aliphatic carbocycles. The molecule has 0 fully saturated rings. The van der Waals surface area contributed by atoms with E-state index in [2.05, 4.69) is 20.3 Å². The molecule has 3 rings (SSSR count). The summed E-state index contributed by atoms with van der Waals surface area (Å²) in [4.78, 5) is 24.9. The number of anilines is 1. The quantitative estimate of drug-likeness (QED) is 0.536. The number of hydrogen-bond acceptors (Lipinski definition) is 5. The van der Waals surface area contributed by atoms with E-state index in [1.807, 2.05) is 24.3 Å². The standard InChI is InChI=1S/C16H12Cl2N4OS/c1-9(15(23)22-14-12(18)6-10(17)7-19-14)24-16-11-4-2-3-5-13(11)20-8-21-16/h2-9H,1H3,(H,19,22,23). The third-order valence-electron chi connectivity index (χ3n) is 3.21. The first-order valence-corrected chi connectivity index (χ1v) is 8.66. The van der Waals surface area contributed by atoms with Crippen LogP contribution in [0.5, 0.6) is 0 Å². The summed E-state index contributed by atoms with van der Waals surface area (Å²) in [5.41, 5.74) is 0.838. The maximum atomic E-state index is 12.4. The maximum Gasteiger partial charge on any atom is 0.238 e. The molecule has 5 nitrogen and oxygen atoms in total. The fraction of sp³-hybridized carbons (Fsp3) is 0.125. The van der Waals surface area contributed by atoms with E-state index < -0.39 is 5.25 Å². The lowest BCUT2D eigenvalue weighted by Crippen LogP contribution is -2.23. The summed E-state index contributed by atoms with van der Waals surface area (Å²) < 4.78 is 0. The van der Waals surface area contributed by atoms with Gasteiger partial charge in [0, 0.05) is 11.6 Å². The van der Waals surface area contributed by atoms with Gasteiger partial charge in [-0.05, 0) is 19.1 Å². The molecular weight excluding hydrogens is 367 g/mol. The third-order valence-corrected chi connectivity index (χ3v) is 4.82. The molecule has 24 heavy (non-hydrogen) atoms. The van der Waals surface area contributed by atoms with Gasteiger partial charge in [-0.1, -0.05) is 53.2 Å². The highest BCUT2D eigenvalue weighted by molar-refractivity contribution is 8.00. The molecule has 3 aromatic rings. The number of aromatic nitrogens is 3. The Morgan fingerprint density at radius 2 is 2.00 bits per heavy atom. The number of fused-ring (bicyclic) bond motifs is 1. The molecule has 2 aromatic heterocycles. The maximum absolute atomic E-state index is 12.4. The van der Waals surface area contributed by atoms with Crippen molar-refractivity contribution in [2.75, 3.05) is 5.32 Å². The molecule has 0 bridgehead atoms. The van der Waals surface area contributed by atoms with Crippen LogP contribution >= 0.6 is 35.0 Å². The van der Waals surface area contributed by atoms with Crippen molar-refractivity contribution in [1.82, 2.24) is 15.0 Å². The molecule has 2 heterocycles. The SMILES string of the molecule is CC(Sc1ncnc2ccccc12)C(=O)Nc1ncc(Cl)cc1Cl. The number of para-hydroxylation sites is 1. The van der Waals surface area contributed by atoms with E-state index in [0.29, 0.717) is 10.0 Å². The Bertz CT molecular complexity index is 901. The Labute approximate surface area is 152 Å². The summed E-state index contributed by atoms with van der Waals surface area (Å²) in [6.45, 7) is 1.79. The average molecular weight is 379 g/mol. The molecule has 0 aliphatic rings. The number of carbonyl (C=O) groups is 1. The number of hydrogen-bond donors (Lipinski definition) is 1. The molecule has 0 aliphatic heterocycles. The van der Waals surface area contributed by atoms with Crippen LogP contribution in [-0.4, -0.2) is 26.1 Å². The van der Waals surface area contributed by atoms with Gasteiger partial charge in [0.25, 0.3) is 0 Å². The second kappa shape index (κ2) is 7.34. The van der Waals surface area contributed by atoms with Crippen LogP contribution in [0.2, 0.25) is 10.0 Å². The number of amides is 1. The lowest BCUT2D eigenvalue weighted by atomic mass is 10.2. The van der Waals surface area contributed by atoms with Crippen molar-refractivity contribution in [3.63, 3.8) is 0 Å². The summed E-state index contributed by atoms with van der Waals surface area (Å²) in [6, 6.07) is 9.19. The lowest BCUT2D eigenvalue weighted by Gasteiger charge is -2.12. The molecule has 122 valence electrons. The smallest absolute Gasteiger partial charge is 0.238 e. The van der Waals surface area contributed by atoms with Gasteiger partial charge in [0.05, 0.1) is 20.8 Å². The van der Waals surface area contributed by atoms with Gasteiger partial charge in [-0.2, -0.15) is 0 Å². The molecule has 1 atom stereocenters. The lowest BCUT2D eigenvalue weighted by molar-refractivity contribution is -0.115. The van der Waals surface area contributed by atoms with Crippen molar-refractivity contribution < 1.29 is 4.79 Å². The first-order chi connectivity index (χ1) is 11.5. The number of pyridine rings is 1. The van der Waals surface area contributed by atoms with E-state index >= 15 is 0 Å². The number of nitrogens with zero attached hydrogens (tertiary/aromatic N) is 3. The van der Waals surface area contributed by atoms with Gasteiger partial charge in [0.15, 0.2) is 5.82 Å². The fourth-order valence-electron chi connectivity index (χ4n) is 2.02. The molecule has 0 saturated carbocycles. The van der Waals surface area contributed by atoms with Crippen LogP contribution in [0.1, 0.15) is 6.92 Å². The summed E-state index contributed by atoms with van der Waals surface area (Å²) in [7, 11) is 0. The molecule has 0 radical (unpaired) electrons. The monoisotopic (exact) mass is 378 g/mol. The molecule has 1 unspecified atom stereocenters. The Morgan fingerprint density at radius 1 is 1.21 bits per heavy atom. The van der Waals surface area contributed by atoms with Crippen LogP contribution in [0.25, 0.3) is 10.9 Å². The van der Waals surface area contributed by atoms with Gasteiger partial charge in [0.1, 0.15) is 11.4 Å². The van der Waals surface area contributed by atoms with Crippen LogP contribution in [0.4, 0.5) is 5.82 Å². The van der Waals surface area contributed by atoms with Gasteiger partial charge in [0.2, 0.25) is 5.91 Å². The van der Waals surface area contributed by atoms with Crippen molar-refractivity contribution in [2.45, 2.75) is 17.2 Å². The van der Waals surface area contributed by atoms with Crippen LogP contribution in [0.3, 0.4) is 0 Å². The van der Waals surface area contributed by atoms with Gasteiger partial charge in [-0.25, -0.2) is 15.0 Å². The summed E-state index contributed by atoms with van der Waals surface area (Å²) in [6.07, 6.45) is 2.92. The van der Waals surface area contributed by atoms with Gasteiger partial charge >= 0.3 is 0 Å². The normalized spacial score (nSPS) is 12.1. The Kier molecular flexibility index (Phi) is 5.18. The van der Waals surface area contributed by atoms with E-state index in [-0.39, 0.29) is 11.7 Å². The van der Waals surface area contributed by atoms with Crippen molar-refractivity contribution >= 4 is 57.6 Å². The molecule has 8 heteroatoms. The van der Waals surface area contributed by atoms with E-state index in [9.17, 15) is 4.79 Å². The fourth-order valence-corrected chi connectivity index (χ4v) is 3.36. The predicted molar refractivity (Wildman–Crippen MR) is 97.7 cm³/mol. The van der Waals surface area contributed by atoms with Gasteiger partial charge < -0.3 is 5.32 Å². The zero-order valence-corrected chi connectivity index (χ0v) is 14.9. The van der Waals surface area contributed by atoms with Crippen molar-refractivity contribution in [1.29, 1.82) is 0 Å². The van der Waals surface area contributed by atoms with E-state index in [0.717, 1.165) is 15.9 Å². The van der Waals surface area contributed by atoms with E-state index in [1.165, 1.54) is 30.4 Å². The molecule has 0 spiro atoms. The minimum atomic E-state index is -0.392. The molecule has 1 amide bonds. The summed E-state index contributed by atoms with van der Waals surface area (Å²) in [5.74, 6) is 0.0606. The zero-order chi connectivity index (χ0) is 17.1. The highest BCUT2D eigenvalue weighted by Crippen LogP contribution is 2.29. The molecule has 0 saturated heterocycles. The zero-order valence-electron chi connectivity index (χ0n) is 12.5. The van der Waals surface area contributed by atoms with E-state index in [4.69, 9.17) is 23.2 Å². The van der Waals surface area contributed by atoms with Crippen LogP contribution in [-0.2, 0) is 4.79 Å². The largest absolute Gasteiger partial charge is 0.308 e. The molecular formula is C16H12Cl2N4OS. The van der Waals surface area contributed by atoms with Gasteiger partial charge in [-0.3, -0.25) is 4.79 Å². The highest BCUT2D eigenvalue weighted by Gasteiger charge is 2.18. The second-order valence-corrected chi connectivity index (χ2v) is 7.10. The minimum Gasteiger partial charge on any atom is -0.308 e. The number of halogens is 2. The first kappa shape index (κ1) is 17.0. The average Bonchev–Trinajstić information content (AvgIpc) is 2.57. The first-order valence-electron chi connectivity index (χ1n) is 7.03. The Morgan fingerprint density at radius 3 is 2.79 bits per heavy atom. The van der Waals surface area contributed by atoms with Crippen molar-refractivity contribution in [3.8, 4) is 0 Å². The Balaban J connectivity index is 1.76. The number of carbonyl (C=O) groups excluding carboxylic acids is 1. The van der Waals surface area contributed by atoms with E-state index in [1.54, 1.807) is 6.92 Å². The second-order valence-electron chi connectivity index (χ2n) is 4.93. The topological polar surface area (TPSA) is 67.8 Å². The van der Waals surface area contributed by atoms with Crippen molar-refractivity contribution in [2.24, 2.45) is 0 Å². The van der Waals surface area contributed by atoms with Crippen LogP contribution < -0.4 is 5.32 Å². The predicted octanol–water partition coefficient (Wildman–Crippen LogP) is 4.45. The number of rotatable bonds is 4. The van der Waals surface area contributed by atoms with Crippen molar-refractivity contribution in [3.05, 3.63) is 52.9 Å². The number of thioether (sulfide) groups is 1. The minimum absolute atomic E-state index is 0.223. The number of nitrogens with one attached hydrogen (secondary N) is 1. The Hall–Kier alpha value is -1.89. The summed E-state index contributed by atoms with van der Waals surface area (Å²) in [5, 5.41) is 4.67. The van der Waals surface area contributed by atoms with Crippen LogP contribution in [0.15, 0.2) is 47.9 Å². The third kappa shape index (κ3) is 3.77. The van der Waals surface area contributed by atoms with Gasteiger partial charge in [-0.15, -0.1) is 0 Å².